The van der Waals surface area contributed by atoms with Crippen molar-refractivity contribution in [1.82, 2.24) is 10.2 Å². The number of nitrogens with zero attached hydrogens (tertiary/aromatic N) is 1. The highest BCUT2D eigenvalue weighted by Crippen LogP contribution is 2.12. The Morgan fingerprint density at radius 1 is 1.54 bits per heavy atom. The topological polar surface area (TPSA) is 49.4 Å². The molecule has 13 heavy (non-hydrogen) atoms. The first-order valence-electron chi connectivity index (χ1n) is 4.14. The van der Waals surface area contributed by atoms with Crippen molar-refractivity contribution in [3.05, 3.63) is 0 Å². The maximum absolute atomic E-state index is 12.0. The van der Waals surface area contributed by atoms with Crippen molar-refractivity contribution in [3.63, 3.8) is 0 Å². The monoisotopic (exact) mass is 188 g/mol. The van der Waals surface area contributed by atoms with E-state index in [-0.39, 0.29) is 24.9 Å². The number of nitrogens with one attached hydrogen (secondary N) is 1. The molecule has 0 unspecified atom stereocenters. The summed E-state index contributed by atoms with van der Waals surface area (Å²) in [6.07, 6.45) is 0. The zero-order valence-corrected chi connectivity index (χ0v) is 7.76. The quantitative estimate of drug-likeness (QED) is 0.646. The molecule has 0 radical (unpaired) electrons. The molecule has 0 atom stereocenters. The van der Waals surface area contributed by atoms with E-state index in [1.54, 1.807) is 13.8 Å². The number of carbonyl (C=O) groups excluding carboxylic acids is 2. The van der Waals surface area contributed by atoms with Crippen LogP contribution in [0.3, 0.4) is 0 Å². The lowest BCUT2D eigenvalue weighted by atomic mass is 10.0. The van der Waals surface area contributed by atoms with Crippen LogP contribution in [0.5, 0.6) is 0 Å². The van der Waals surface area contributed by atoms with Crippen LogP contribution in [-0.2, 0) is 9.59 Å². The number of halogens is 1. The molecule has 1 aliphatic rings. The molecule has 74 valence electrons. The Hall–Kier alpha value is -1.13. The number of hydrogen-bond acceptors (Lipinski definition) is 2. The van der Waals surface area contributed by atoms with Crippen LogP contribution in [0.15, 0.2) is 0 Å². The van der Waals surface area contributed by atoms with Crippen molar-refractivity contribution in [3.8, 4) is 0 Å². The standard InChI is InChI=1S/C8H13FN2O2/c1-8(2)7(13)11(4-3-9)5-6(12)10-8/h3-5H2,1-2H3,(H,10,12). The Bertz CT molecular complexity index is 240. The van der Waals surface area contributed by atoms with Crippen molar-refractivity contribution in [2.75, 3.05) is 19.8 Å². The molecule has 1 saturated heterocycles. The summed E-state index contributed by atoms with van der Waals surface area (Å²) >= 11 is 0. The normalized spacial score (nSPS) is 21.6. The van der Waals surface area contributed by atoms with Gasteiger partial charge in [0.2, 0.25) is 11.8 Å². The van der Waals surface area contributed by atoms with E-state index in [1.807, 2.05) is 0 Å². The van der Waals surface area contributed by atoms with Gasteiger partial charge in [0.25, 0.3) is 0 Å². The first kappa shape index (κ1) is 9.95. The van der Waals surface area contributed by atoms with Gasteiger partial charge >= 0.3 is 0 Å². The van der Waals surface area contributed by atoms with Crippen LogP contribution in [0.25, 0.3) is 0 Å². The smallest absolute Gasteiger partial charge is 0.248 e. The molecule has 0 aromatic heterocycles. The fourth-order valence-corrected chi connectivity index (χ4v) is 1.36. The lowest BCUT2D eigenvalue weighted by Gasteiger charge is -2.36. The summed E-state index contributed by atoms with van der Waals surface area (Å²) in [4.78, 5) is 23.8. The van der Waals surface area contributed by atoms with Crippen LogP contribution in [0.4, 0.5) is 4.39 Å². The van der Waals surface area contributed by atoms with Crippen molar-refractivity contribution in [1.29, 1.82) is 0 Å². The minimum Gasteiger partial charge on any atom is -0.341 e. The van der Waals surface area contributed by atoms with Gasteiger partial charge in [-0.15, -0.1) is 0 Å². The van der Waals surface area contributed by atoms with Crippen LogP contribution in [0.2, 0.25) is 0 Å². The molecule has 1 heterocycles. The lowest BCUT2D eigenvalue weighted by molar-refractivity contribution is -0.148. The van der Waals surface area contributed by atoms with Gasteiger partial charge in [-0.05, 0) is 13.8 Å². The molecule has 5 heteroatoms. The number of hydrogen-bond donors (Lipinski definition) is 1. The Morgan fingerprint density at radius 2 is 2.15 bits per heavy atom. The van der Waals surface area contributed by atoms with Gasteiger partial charge in [0.1, 0.15) is 12.2 Å². The number of alkyl halides is 1. The third-order valence-corrected chi connectivity index (χ3v) is 1.96. The largest absolute Gasteiger partial charge is 0.341 e. The summed E-state index contributed by atoms with van der Waals surface area (Å²) in [5.74, 6) is -0.470. The Balaban J connectivity index is 2.75. The van der Waals surface area contributed by atoms with E-state index in [2.05, 4.69) is 5.32 Å². The molecule has 4 nitrogen and oxygen atoms in total. The van der Waals surface area contributed by atoms with E-state index in [0.29, 0.717) is 0 Å². The molecule has 0 spiro atoms. The third-order valence-electron chi connectivity index (χ3n) is 1.96. The number of rotatable bonds is 2. The molecule has 0 aromatic carbocycles. The fraction of sp³-hybridized carbons (Fsp3) is 0.750. The van der Waals surface area contributed by atoms with E-state index in [1.165, 1.54) is 4.90 Å². The molecular formula is C8H13FN2O2. The van der Waals surface area contributed by atoms with Gasteiger partial charge in [-0.25, -0.2) is 4.39 Å². The van der Waals surface area contributed by atoms with Crippen molar-refractivity contribution in [2.45, 2.75) is 19.4 Å². The summed E-state index contributed by atoms with van der Waals surface area (Å²) in [5, 5.41) is 2.54. The number of carbonyl (C=O) groups is 2. The van der Waals surface area contributed by atoms with Gasteiger partial charge in [-0.1, -0.05) is 0 Å². The second kappa shape index (κ2) is 3.32. The first-order chi connectivity index (χ1) is 5.97. The highest BCUT2D eigenvalue weighted by atomic mass is 19.1. The van der Waals surface area contributed by atoms with Crippen molar-refractivity contribution < 1.29 is 14.0 Å². The van der Waals surface area contributed by atoms with E-state index < -0.39 is 12.2 Å². The van der Waals surface area contributed by atoms with Crippen LogP contribution in [0, 0.1) is 0 Å². The summed E-state index contributed by atoms with van der Waals surface area (Å²) in [7, 11) is 0. The highest BCUT2D eigenvalue weighted by Gasteiger charge is 2.38. The summed E-state index contributed by atoms with van der Waals surface area (Å²) in [5.41, 5.74) is -0.898. The molecule has 1 aliphatic heterocycles. The highest BCUT2D eigenvalue weighted by molar-refractivity contribution is 5.97. The van der Waals surface area contributed by atoms with Gasteiger partial charge < -0.3 is 10.2 Å². The molecule has 0 aliphatic carbocycles. The van der Waals surface area contributed by atoms with Crippen LogP contribution < -0.4 is 5.32 Å². The second-order valence-electron chi connectivity index (χ2n) is 3.59. The third kappa shape index (κ3) is 1.96. The molecule has 1 fully saturated rings. The molecular weight excluding hydrogens is 175 g/mol. The van der Waals surface area contributed by atoms with Gasteiger partial charge in [0.15, 0.2) is 0 Å². The van der Waals surface area contributed by atoms with E-state index >= 15 is 0 Å². The Kier molecular flexibility index (Phi) is 2.54. The molecule has 0 saturated carbocycles. The van der Waals surface area contributed by atoms with Gasteiger partial charge in [-0.3, -0.25) is 9.59 Å². The van der Waals surface area contributed by atoms with Gasteiger partial charge in [-0.2, -0.15) is 0 Å². The maximum atomic E-state index is 12.0. The average Bonchev–Trinajstić information content (AvgIpc) is 1.99. The van der Waals surface area contributed by atoms with E-state index in [9.17, 15) is 14.0 Å². The number of amides is 2. The Morgan fingerprint density at radius 3 is 2.69 bits per heavy atom. The maximum Gasteiger partial charge on any atom is 0.248 e. The minimum absolute atomic E-state index is 0.00428. The molecule has 1 N–H and O–H groups in total. The van der Waals surface area contributed by atoms with Gasteiger partial charge in [0, 0.05) is 6.54 Å². The first-order valence-corrected chi connectivity index (χ1v) is 4.14. The zero-order chi connectivity index (χ0) is 10.1. The average molecular weight is 188 g/mol. The summed E-state index contributed by atoms with van der Waals surface area (Å²) < 4.78 is 12.0. The van der Waals surface area contributed by atoms with Crippen LogP contribution in [0.1, 0.15) is 13.8 Å². The molecule has 0 bridgehead atoms. The van der Waals surface area contributed by atoms with Gasteiger partial charge in [0.05, 0.1) is 6.54 Å². The minimum atomic E-state index is -0.898. The SMILES string of the molecule is CC1(C)NC(=O)CN(CCF)C1=O. The molecule has 0 aromatic rings. The lowest BCUT2D eigenvalue weighted by Crippen LogP contribution is -2.64. The number of piperazine rings is 1. The zero-order valence-electron chi connectivity index (χ0n) is 7.76. The fourth-order valence-electron chi connectivity index (χ4n) is 1.36. The predicted molar refractivity (Wildman–Crippen MR) is 44.8 cm³/mol. The van der Waals surface area contributed by atoms with Crippen molar-refractivity contribution in [2.24, 2.45) is 0 Å². The van der Waals surface area contributed by atoms with E-state index in [4.69, 9.17) is 0 Å². The van der Waals surface area contributed by atoms with Crippen LogP contribution >= 0.6 is 0 Å². The van der Waals surface area contributed by atoms with Crippen molar-refractivity contribution >= 4 is 11.8 Å². The molecule has 1 rings (SSSR count). The summed E-state index contributed by atoms with van der Waals surface area (Å²) in [6, 6.07) is 0. The van der Waals surface area contributed by atoms with E-state index in [0.717, 1.165) is 0 Å². The summed E-state index contributed by atoms with van der Waals surface area (Å²) in [6.45, 7) is 2.56. The Labute approximate surface area is 76.1 Å². The van der Waals surface area contributed by atoms with Crippen LogP contribution in [-0.4, -0.2) is 42.0 Å². The molecule has 2 amide bonds. The predicted octanol–water partition coefficient (Wildman–Crippen LogP) is -0.307. The second-order valence-corrected chi connectivity index (χ2v) is 3.59.